The van der Waals surface area contributed by atoms with E-state index in [1.54, 1.807) is 13.8 Å². The van der Waals surface area contributed by atoms with Gasteiger partial charge in [0.2, 0.25) is 0 Å². The highest BCUT2D eigenvalue weighted by Crippen LogP contribution is 2.42. The van der Waals surface area contributed by atoms with E-state index < -0.39 is 11.4 Å². The Hall–Kier alpha value is -1.36. The standard InChI is InChI=1S/C12H17NO4/c1-7-10(8(2)17-13-7)12(11(15)16)5-3-9(14)4-6-12/h9,14H,3-6H2,1-2H3,(H,15,16). The van der Waals surface area contributed by atoms with Crippen molar-refractivity contribution in [2.24, 2.45) is 0 Å². The van der Waals surface area contributed by atoms with E-state index in [2.05, 4.69) is 5.16 Å². The molecule has 2 rings (SSSR count). The predicted molar refractivity (Wildman–Crippen MR) is 59.8 cm³/mol. The number of hydrogen-bond acceptors (Lipinski definition) is 4. The third kappa shape index (κ3) is 1.84. The second-order valence-corrected chi connectivity index (χ2v) is 4.82. The first-order valence-corrected chi connectivity index (χ1v) is 5.82. The number of rotatable bonds is 2. The number of carbonyl (C=O) groups is 1. The third-order valence-corrected chi connectivity index (χ3v) is 3.73. The summed E-state index contributed by atoms with van der Waals surface area (Å²) >= 11 is 0. The number of aliphatic hydroxyl groups excluding tert-OH is 1. The topological polar surface area (TPSA) is 83.6 Å². The molecule has 0 atom stereocenters. The summed E-state index contributed by atoms with van der Waals surface area (Å²) < 4.78 is 5.07. The van der Waals surface area contributed by atoms with Gasteiger partial charge in [-0.05, 0) is 39.5 Å². The molecule has 94 valence electrons. The zero-order valence-corrected chi connectivity index (χ0v) is 10.1. The SMILES string of the molecule is Cc1noc(C)c1C1(C(=O)O)CCC(O)CC1. The molecule has 0 amide bonds. The Morgan fingerprint density at radius 2 is 2.00 bits per heavy atom. The van der Waals surface area contributed by atoms with Gasteiger partial charge in [0.15, 0.2) is 0 Å². The van der Waals surface area contributed by atoms with Crippen LogP contribution in [0.2, 0.25) is 0 Å². The van der Waals surface area contributed by atoms with Crippen molar-refractivity contribution in [1.29, 1.82) is 0 Å². The number of aliphatic carboxylic acids is 1. The molecule has 1 heterocycles. The molecule has 1 aromatic heterocycles. The smallest absolute Gasteiger partial charge is 0.314 e. The lowest BCUT2D eigenvalue weighted by atomic mass is 9.68. The molecule has 1 saturated carbocycles. The van der Waals surface area contributed by atoms with E-state index in [0.29, 0.717) is 42.7 Å². The fourth-order valence-electron chi connectivity index (χ4n) is 2.83. The third-order valence-electron chi connectivity index (χ3n) is 3.73. The minimum Gasteiger partial charge on any atom is -0.481 e. The molecule has 1 aliphatic rings. The molecular formula is C12H17NO4. The summed E-state index contributed by atoms with van der Waals surface area (Å²) in [5.41, 5.74) is 0.395. The fourth-order valence-corrected chi connectivity index (χ4v) is 2.83. The average molecular weight is 239 g/mol. The number of carboxylic acids is 1. The quantitative estimate of drug-likeness (QED) is 0.818. The maximum atomic E-state index is 11.6. The van der Waals surface area contributed by atoms with Crippen molar-refractivity contribution in [2.75, 3.05) is 0 Å². The van der Waals surface area contributed by atoms with E-state index in [9.17, 15) is 15.0 Å². The van der Waals surface area contributed by atoms with Crippen LogP contribution in [0.25, 0.3) is 0 Å². The van der Waals surface area contributed by atoms with Gasteiger partial charge < -0.3 is 14.7 Å². The van der Waals surface area contributed by atoms with Crippen molar-refractivity contribution >= 4 is 5.97 Å². The summed E-state index contributed by atoms with van der Waals surface area (Å²) in [7, 11) is 0. The molecule has 1 aliphatic carbocycles. The van der Waals surface area contributed by atoms with Crippen LogP contribution in [-0.4, -0.2) is 27.4 Å². The van der Waals surface area contributed by atoms with Crippen molar-refractivity contribution in [3.63, 3.8) is 0 Å². The second-order valence-electron chi connectivity index (χ2n) is 4.82. The van der Waals surface area contributed by atoms with Gasteiger partial charge in [0.05, 0.1) is 17.2 Å². The number of aliphatic hydroxyl groups is 1. The minimum atomic E-state index is -0.937. The van der Waals surface area contributed by atoms with Gasteiger partial charge in [-0.15, -0.1) is 0 Å². The summed E-state index contributed by atoms with van der Waals surface area (Å²) in [6.45, 7) is 3.51. The van der Waals surface area contributed by atoms with Gasteiger partial charge in [-0.3, -0.25) is 4.79 Å². The molecule has 2 N–H and O–H groups in total. The van der Waals surface area contributed by atoms with Gasteiger partial charge in [0, 0.05) is 5.56 Å². The summed E-state index contributed by atoms with van der Waals surface area (Å²) in [6.07, 6.45) is 1.51. The molecule has 17 heavy (non-hydrogen) atoms. The number of aryl methyl sites for hydroxylation is 2. The highest BCUT2D eigenvalue weighted by molar-refractivity contribution is 5.82. The molecular weight excluding hydrogens is 222 g/mol. The summed E-state index contributed by atoms with van der Waals surface area (Å²) in [5, 5.41) is 22.9. The van der Waals surface area contributed by atoms with Crippen LogP contribution in [0.15, 0.2) is 4.52 Å². The lowest BCUT2D eigenvalue weighted by Crippen LogP contribution is -2.41. The lowest BCUT2D eigenvalue weighted by molar-refractivity contribution is -0.146. The zero-order valence-electron chi connectivity index (χ0n) is 10.1. The Labute approximate surface area is 99.4 Å². The summed E-state index contributed by atoms with van der Waals surface area (Å²) in [5.74, 6) is -0.278. The second kappa shape index (κ2) is 4.14. The van der Waals surface area contributed by atoms with E-state index in [-0.39, 0.29) is 6.10 Å². The summed E-state index contributed by atoms with van der Waals surface area (Å²) in [4.78, 5) is 11.6. The Morgan fingerprint density at radius 3 is 2.41 bits per heavy atom. The average Bonchev–Trinajstić information content (AvgIpc) is 2.61. The zero-order chi connectivity index (χ0) is 12.6. The van der Waals surface area contributed by atoms with Gasteiger partial charge >= 0.3 is 5.97 Å². The van der Waals surface area contributed by atoms with Crippen molar-refractivity contribution in [2.45, 2.75) is 51.0 Å². The fraction of sp³-hybridized carbons (Fsp3) is 0.667. The summed E-state index contributed by atoms with van der Waals surface area (Å²) in [6, 6.07) is 0. The Bertz CT molecular complexity index is 410. The van der Waals surface area contributed by atoms with Gasteiger partial charge in [-0.2, -0.15) is 0 Å². The largest absolute Gasteiger partial charge is 0.481 e. The van der Waals surface area contributed by atoms with E-state index in [1.165, 1.54) is 0 Å². The van der Waals surface area contributed by atoms with Crippen LogP contribution < -0.4 is 0 Å². The van der Waals surface area contributed by atoms with Crippen LogP contribution in [0.3, 0.4) is 0 Å². The van der Waals surface area contributed by atoms with Crippen LogP contribution >= 0.6 is 0 Å². The molecule has 5 heteroatoms. The minimum absolute atomic E-state index is 0.386. The molecule has 0 spiro atoms. The normalized spacial score (nSPS) is 29.2. The van der Waals surface area contributed by atoms with Gasteiger partial charge in [0.1, 0.15) is 5.76 Å². The first kappa shape index (κ1) is 12.1. The first-order chi connectivity index (χ1) is 7.97. The van der Waals surface area contributed by atoms with Gasteiger partial charge in [-0.1, -0.05) is 5.16 Å². The molecule has 0 radical (unpaired) electrons. The van der Waals surface area contributed by atoms with E-state index >= 15 is 0 Å². The van der Waals surface area contributed by atoms with E-state index in [1.807, 2.05) is 0 Å². The van der Waals surface area contributed by atoms with Crippen LogP contribution in [0.4, 0.5) is 0 Å². The van der Waals surface area contributed by atoms with Crippen LogP contribution in [0.1, 0.15) is 42.7 Å². The van der Waals surface area contributed by atoms with Crippen molar-refractivity contribution in [1.82, 2.24) is 5.16 Å². The molecule has 1 aromatic rings. The highest BCUT2D eigenvalue weighted by atomic mass is 16.5. The highest BCUT2D eigenvalue weighted by Gasteiger charge is 2.46. The Morgan fingerprint density at radius 1 is 1.41 bits per heavy atom. The molecule has 1 fully saturated rings. The van der Waals surface area contributed by atoms with Crippen LogP contribution in [0.5, 0.6) is 0 Å². The van der Waals surface area contributed by atoms with Crippen LogP contribution in [-0.2, 0) is 10.2 Å². The molecule has 0 bridgehead atoms. The van der Waals surface area contributed by atoms with E-state index in [0.717, 1.165) is 0 Å². The van der Waals surface area contributed by atoms with Crippen LogP contribution in [0, 0.1) is 13.8 Å². The van der Waals surface area contributed by atoms with E-state index in [4.69, 9.17) is 4.52 Å². The molecule has 5 nitrogen and oxygen atoms in total. The number of carboxylic acid groups (broad SMARTS) is 1. The maximum Gasteiger partial charge on any atom is 0.314 e. The Balaban J connectivity index is 2.46. The maximum absolute atomic E-state index is 11.6. The lowest BCUT2D eigenvalue weighted by Gasteiger charge is -2.35. The molecule has 0 aromatic carbocycles. The van der Waals surface area contributed by atoms with Gasteiger partial charge in [0.25, 0.3) is 0 Å². The first-order valence-electron chi connectivity index (χ1n) is 5.82. The van der Waals surface area contributed by atoms with Crippen molar-refractivity contribution < 1.29 is 19.5 Å². The monoisotopic (exact) mass is 239 g/mol. The molecule has 0 aliphatic heterocycles. The number of nitrogens with zero attached hydrogens (tertiary/aromatic N) is 1. The molecule has 0 saturated heterocycles. The Kier molecular flexibility index (Phi) is 2.95. The van der Waals surface area contributed by atoms with Crippen molar-refractivity contribution in [3.8, 4) is 0 Å². The van der Waals surface area contributed by atoms with Crippen molar-refractivity contribution in [3.05, 3.63) is 17.0 Å². The number of aromatic nitrogens is 1. The predicted octanol–water partition coefficient (Wildman–Crippen LogP) is 1.55. The van der Waals surface area contributed by atoms with Gasteiger partial charge in [-0.25, -0.2) is 0 Å². The molecule has 0 unspecified atom stereocenters. The number of hydrogen-bond donors (Lipinski definition) is 2.